The van der Waals surface area contributed by atoms with Crippen LogP contribution in [-0.2, 0) is 4.79 Å². The van der Waals surface area contributed by atoms with Gasteiger partial charge < -0.3 is 0 Å². The molecule has 2 aliphatic rings. The van der Waals surface area contributed by atoms with Crippen molar-refractivity contribution in [2.75, 3.05) is 13.1 Å². The lowest BCUT2D eigenvalue weighted by Gasteiger charge is -2.28. The first-order valence-electron chi connectivity index (χ1n) is 5.63. The lowest BCUT2D eigenvalue weighted by atomic mass is 10.0. The van der Waals surface area contributed by atoms with Gasteiger partial charge in [0.05, 0.1) is 0 Å². The summed E-state index contributed by atoms with van der Waals surface area (Å²) >= 11 is 0. The summed E-state index contributed by atoms with van der Waals surface area (Å²) in [5.74, 6) is 0.442. The number of nitrogens with zero attached hydrogens (tertiary/aromatic N) is 1. The van der Waals surface area contributed by atoms with Gasteiger partial charge in [-0.25, -0.2) is 0 Å². The number of hydrogen-bond acceptors (Lipinski definition) is 2. The highest BCUT2D eigenvalue weighted by molar-refractivity contribution is 5.79. The van der Waals surface area contributed by atoms with E-state index in [2.05, 4.69) is 32.6 Å². The van der Waals surface area contributed by atoms with Gasteiger partial charge in [0.25, 0.3) is 0 Å². The molecule has 14 heavy (non-hydrogen) atoms. The largest absolute Gasteiger partial charge is 0.300 e. The Kier molecular flexibility index (Phi) is 2.04. The highest BCUT2D eigenvalue weighted by atomic mass is 16.1. The molecular weight excluding hydrogens is 174 g/mol. The second-order valence-corrected chi connectivity index (χ2v) is 5.92. The summed E-state index contributed by atoms with van der Waals surface area (Å²) in [5.41, 5.74) is 0.848. The zero-order chi connectivity index (χ0) is 10.6. The molecule has 0 N–H and O–H groups in total. The van der Waals surface area contributed by atoms with Crippen molar-refractivity contribution >= 4 is 5.78 Å². The second kappa shape index (κ2) is 2.82. The molecule has 0 aromatic heterocycles. The summed E-state index contributed by atoms with van der Waals surface area (Å²) in [5, 5.41) is 0. The van der Waals surface area contributed by atoms with Gasteiger partial charge >= 0.3 is 0 Å². The van der Waals surface area contributed by atoms with Gasteiger partial charge in [0.15, 0.2) is 0 Å². The van der Waals surface area contributed by atoms with E-state index in [0.717, 1.165) is 25.9 Å². The Balaban J connectivity index is 2.02. The first kappa shape index (κ1) is 10.2. The van der Waals surface area contributed by atoms with E-state index in [4.69, 9.17) is 0 Å². The maximum absolute atomic E-state index is 11.1. The average Bonchev–Trinajstić information content (AvgIpc) is 2.46. The summed E-state index contributed by atoms with van der Waals surface area (Å²) in [6, 6.07) is 0.683. The fourth-order valence-corrected chi connectivity index (χ4v) is 3.11. The highest BCUT2D eigenvalue weighted by Crippen LogP contribution is 2.65. The number of ketones is 1. The normalized spacial score (nSPS) is 31.9. The summed E-state index contributed by atoms with van der Waals surface area (Å²) in [4.78, 5) is 13.7. The lowest BCUT2D eigenvalue weighted by molar-refractivity contribution is -0.121. The minimum Gasteiger partial charge on any atom is -0.300 e. The molecule has 2 heteroatoms. The maximum atomic E-state index is 11.1. The van der Waals surface area contributed by atoms with Crippen molar-refractivity contribution in [3.8, 4) is 0 Å². The Bertz CT molecular complexity index is 243. The molecule has 1 aliphatic heterocycles. The van der Waals surface area contributed by atoms with Crippen molar-refractivity contribution in [2.45, 2.75) is 46.6 Å². The van der Waals surface area contributed by atoms with E-state index in [-0.39, 0.29) is 0 Å². The van der Waals surface area contributed by atoms with Gasteiger partial charge in [-0.2, -0.15) is 0 Å². The number of piperidine rings is 1. The molecule has 0 atom stereocenters. The van der Waals surface area contributed by atoms with Crippen LogP contribution in [0.3, 0.4) is 0 Å². The lowest BCUT2D eigenvalue weighted by Crippen LogP contribution is -2.38. The molecular formula is C12H21NO. The number of Topliss-reactive ketones (excluding diaryl/α,β-unsaturated/α-hetero) is 1. The molecule has 1 saturated heterocycles. The van der Waals surface area contributed by atoms with Gasteiger partial charge in [0.2, 0.25) is 0 Å². The van der Waals surface area contributed by atoms with E-state index in [1.54, 1.807) is 0 Å². The standard InChI is InChI=1S/C12H21NO/c1-11(2)10(12(11,3)4)13-7-5-9(14)6-8-13/h10H,5-8H2,1-4H3. The molecule has 2 nitrogen and oxygen atoms in total. The smallest absolute Gasteiger partial charge is 0.135 e. The van der Waals surface area contributed by atoms with Crippen LogP contribution in [-0.4, -0.2) is 29.8 Å². The quantitative estimate of drug-likeness (QED) is 0.638. The van der Waals surface area contributed by atoms with Crippen LogP contribution in [0.5, 0.6) is 0 Å². The third-order valence-electron chi connectivity index (χ3n) is 4.67. The van der Waals surface area contributed by atoms with E-state index in [1.807, 2.05) is 0 Å². The van der Waals surface area contributed by atoms with Crippen molar-refractivity contribution in [2.24, 2.45) is 10.8 Å². The van der Waals surface area contributed by atoms with Crippen molar-refractivity contribution in [3.05, 3.63) is 0 Å². The van der Waals surface area contributed by atoms with E-state index in [0.29, 0.717) is 22.7 Å². The van der Waals surface area contributed by atoms with Gasteiger partial charge in [-0.1, -0.05) is 27.7 Å². The number of likely N-dealkylation sites (tertiary alicyclic amines) is 1. The molecule has 0 radical (unpaired) electrons. The number of carbonyl (C=O) groups excluding carboxylic acids is 1. The van der Waals surface area contributed by atoms with Gasteiger partial charge in [0, 0.05) is 32.0 Å². The van der Waals surface area contributed by atoms with Crippen LogP contribution < -0.4 is 0 Å². The third-order valence-corrected chi connectivity index (χ3v) is 4.67. The first-order chi connectivity index (χ1) is 6.37. The fraction of sp³-hybridized carbons (Fsp3) is 0.917. The molecule has 0 amide bonds. The van der Waals surface area contributed by atoms with Crippen molar-refractivity contribution in [1.82, 2.24) is 4.90 Å². The van der Waals surface area contributed by atoms with Crippen molar-refractivity contribution < 1.29 is 4.79 Å². The fourth-order valence-electron chi connectivity index (χ4n) is 3.11. The predicted octanol–water partition coefficient (Wildman–Crippen LogP) is 2.09. The molecule has 0 spiro atoms. The van der Waals surface area contributed by atoms with Gasteiger partial charge in [0.1, 0.15) is 5.78 Å². The molecule has 0 bridgehead atoms. The summed E-state index contributed by atoms with van der Waals surface area (Å²) < 4.78 is 0. The van der Waals surface area contributed by atoms with E-state index in [9.17, 15) is 4.79 Å². The first-order valence-corrected chi connectivity index (χ1v) is 5.63. The van der Waals surface area contributed by atoms with E-state index < -0.39 is 0 Å². The van der Waals surface area contributed by atoms with Gasteiger partial charge in [-0.3, -0.25) is 9.69 Å². The van der Waals surface area contributed by atoms with Crippen LogP contribution in [0, 0.1) is 10.8 Å². The Morgan fingerprint density at radius 1 is 1.07 bits per heavy atom. The van der Waals surface area contributed by atoms with Crippen molar-refractivity contribution in [1.29, 1.82) is 0 Å². The summed E-state index contributed by atoms with van der Waals surface area (Å²) in [6.07, 6.45) is 1.53. The summed E-state index contributed by atoms with van der Waals surface area (Å²) in [6.45, 7) is 11.3. The van der Waals surface area contributed by atoms with Gasteiger partial charge in [-0.15, -0.1) is 0 Å². The molecule has 1 saturated carbocycles. The van der Waals surface area contributed by atoms with Crippen LogP contribution in [0.2, 0.25) is 0 Å². The van der Waals surface area contributed by atoms with E-state index >= 15 is 0 Å². The van der Waals surface area contributed by atoms with Crippen LogP contribution in [0.25, 0.3) is 0 Å². The molecule has 1 heterocycles. The topological polar surface area (TPSA) is 20.3 Å². The minimum absolute atomic E-state index is 0.424. The molecule has 0 aromatic rings. The monoisotopic (exact) mass is 195 g/mol. The highest BCUT2D eigenvalue weighted by Gasteiger charge is 2.66. The molecule has 1 aliphatic carbocycles. The Hall–Kier alpha value is -0.370. The van der Waals surface area contributed by atoms with Crippen molar-refractivity contribution in [3.63, 3.8) is 0 Å². The third kappa shape index (κ3) is 1.23. The van der Waals surface area contributed by atoms with Crippen LogP contribution in [0.1, 0.15) is 40.5 Å². The zero-order valence-electron chi connectivity index (χ0n) is 9.76. The maximum Gasteiger partial charge on any atom is 0.135 e. The second-order valence-electron chi connectivity index (χ2n) is 5.92. The predicted molar refractivity (Wildman–Crippen MR) is 57.2 cm³/mol. The van der Waals surface area contributed by atoms with Crippen LogP contribution >= 0.6 is 0 Å². The van der Waals surface area contributed by atoms with Crippen LogP contribution in [0.15, 0.2) is 0 Å². The average molecular weight is 195 g/mol. The Labute approximate surface area is 86.7 Å². The molecule has 2 rings (SSSR count). The minimum atomic E-state index is 0.424. The zero-order valence-corrected chi connectivity index (χ0v) is 9.76. The number of hydrogen-bond donors (Lipinski definition) is 0. The SMILES string of the molecule is CC1(C)C(N2CCC(=O)CC2)C1(C)C. The van der Waals surface area contributed by atoms with E-state index in [1.165, 1.54) is 0 Å². The Morgan fingerprint density at radius 2 is 1.50 bits per heavy atom. The number of rotatable bonds is 1. The van der Waals surface area contributed by atoms with Gasteiger partial charge in [-0.05, 0) is 10.8 Å². The molecule has 80 valence electrons. The number of carbonyl (C=O) groups is 1. The molecule has 0 unspecified atom stereocenters. The Morgan fingerprint density at radius 3 is 1.86 bits per heavy atom. The molecule has 2 fully saturated rings. The summed E-state index contributed by atoms with van der Waals surface area (Å²) in [7, 11) is 0. The molecule has 0 aromatic carbocycles. The van der Waals surface area contributed by atoms with Crippen LogP contribution in [0.4, 0.5) is 0 Å².